The van der Waals surface area contributed by atoms with E-state index in [1.165, 1.54) is 24.8 Å². The van der Waals surface area contributed by atoms with E-state index in [9.17, 15) is 0 Å². The Bertz CT molecular complexity index is 503. The molecule has 2 aromatic rings. The van der Waals surface area contributed by atoms with Crippen LogP contribution in [0.15, 0.2) is 48.5 Å². The van der Waals surface area contributed by atoms with Crippen molar-refractivity contribution in [3.63, 3.8) is 0 Å². The SMILES string of the molecule is CCCCc1ccc(NCc2ccccc2N)cc1. The van der Waals surface area contributed by atoms with Gasteiger partial charge in [-0.15, -0.1) is 0 Å². The Kier molecular flexibility index (Phi) is 4.85. The molecule has 0 unspecified atom stereocenters. The third-order valence-corrected chi connectivity index (χ3v) is 3.31. The van der Waals surface area contributed by atoms with Gasteiger partial charge < -0.3 is 11.1 Å². The van der Waals surface area contributed by atoms with Crippen LogP contribution in [0.1, 0.15) is 30.9 Å². The number of unbranched alkanes of at least 4 members (excludes halogenated alkanes) is 1. The minimum absolute atomic E-state index is 0.765. The zero-order chi connectivity index (χ0) is 13.5. The van der Waals surface area contributed by atoms with Crippen molar-refractivity contribution in [3.05, 3.63) is 59.7 Å². The summed E-state index contributed by atoms with van der Waals surface area (Å²) < 4.78 is 0. The summed E-state index contributed by atoms with van der Waals surface area (Å²) in [5, 5.41) is 3.41. The fourth-order valence-corrected chi connectivity index (χ4v) is 2.06. The molecule has 0 bridgehead atoms. The van der Waals surface area contributed by atoms with E-state index in [-0.39, 0.29) is 0 Å². The highest BCUT2D eigenvalue weighted by Gasteiger charge is 1.98. The van der Waals surface area contributed by atoms with Crippen LogP contribution >= 0.6 is 0 Å². The van der Waals surface area contributed by atoms with Crippen molar-refractivity contribution in [2.45, 2.75) is 32.7 Å². The average molecular weight is 254 g/mol. The Hall–Kier alpha value is -1.96. The van der Waals surface area contributed by atoms with Crippen LogP contribution in [0.4, 0.5) is 11.4 Å². The highest BCUT2D eigenvalue weighted by molar-refractivity contribution is 5.50. The van der Waals surface area contributed by atoms with E-state index in [4.69, 9.17) is 5.73 Å². The van der Waals surface area contributed by atoms with Gasteiger partial charge >= 0.3 is 0 Å². The van der Waals surface area contributed by atoms with Gasteiger partial charge in [-0.1, -0.05) is 43.7 Å². The van der Waals surface area contributed by atoms with E-state index >= 15 is 0 Å². The Morgan fingerprint density at radius 3 is 2.42 bits per heavy atom. The number of nitrogens with one attached hydrogen (secondary N) is 1. The number of nitrogens with two attached hydrogens (primary N) is 1. The van der Waals surface area contributed by atoms with E-state index in [0.717, 1.165) is 23.5 Å². The van der Waals surface area contributed by atoms with Gasteiger partial charge in [0, 0.05) is 17.9 Å². The highest BCUT2D eigenvalue weighted by atomic mass is 14.9. The minimum atomic E-state index is 0.765. The monoisotopic (exact) mass is 254 g/mol. The van der Waals surface area contributed by atoms with E-state index in [1.807, 2.05) is 18.2 Å². The third-order valence-electron chi connectivity index (χ3n) is 3.31. The summed E-state index contributed by atoms with van der Waals surface area (Å²) in [6.45, 7) is 2.99. The van der Waals surface area contributed by atoms with Crippen LogP contribution in [0.25, 0.3) is 0 Å². The quantitative estimate of drug-likeness (QED) is 0.757. The van der Waals surface area contributed by atoms with Gasteiger partial charge in [0.2, 0.25) is 0 Å². The topological polar surface area (TPSA) is 38.0 Å². The number of hydrogen-bond donors (Lipinski definition) is 2. The van der Waals surface area contributed by atoms with E-state index in [2.05, 4.69) is 42.6 Å². The number of benzene rings is 2. The van der Waals surface area contributed by atoms with Gasteiger partial charge in [0.15, 0.2) is 0 Å². The molecule has 2 nitrogen and oxygen atoms in total. The maximum Gasteiger partial charge on any atom is 0.0421 e. The largest absolute Gasteiger partial charge is 0.398 e. The zero-order valence-electron chi connectivity index (χ0n) is 11.5. The lowest BCUT2D eigenvalue weighted by Gasteiger charge is -2.09. The van der Waals surface area contributed by atoms with Crippen molar-refractivity contribution in [1.82, 2.24) is 0 Å². The molecular formula is C17H22N2. The molecule has 0 radical (unpaired) electrons. The lowest BCUT2D eigenvalue weighted by molar-refractivity contribution is 0.795. The first kappa shape index (κ1) is 13.5. The summed E-state index contributed by atoms with van der Waals surface area (Å²) in [7, 11) is 0. The van der Waals surface area contributed by atoms with E-state index in [0.29, 0.717) is 0 Å². The molecule has 0 atom stereocenters. The Balaban J connectivity index is 1.91. The molecule has 0 aliphatic carbocycles. The van der Waals surface area contributed by atoms with Crippen LogP contribution in [0.3, 0.4) is 0 Å². The van der Waals surface area contributed by atoms with Crippen molar-refractivity contribution >= 4 is 11.4 Å². The number of anilines is 2. The standard InChI is InChI=1S/C17H22N2/c1-2-3-6-14-9-11-16(12-10-14)19-13-15-7-4-5-8-17(15)18/h4-5,7-12,19H,2-3,6,13,18H2,1H3. The Morgan fingerprint density at radius 2 is 1.74 bits per heavy atom. The van der Waals surface area contributed by atoms with Crippen LogP contribution < -0.4 is 11.1 Å². The third kappa shape index (κ3) is 4.02. The fourth-order valence-electron chi connectivity index (χ4n) is 2.06. The molecule has 0 aliphatic heterocycles. The van der Waals surface area contributed by atoms with Gasteiger partial charge in [0.05, 0.1) is 0 Å². The molecule has 0 saturated carbocycles. The van der Waals surface area contributed by atoms with Crippen molar-refractivity contribution in [3.8, 4) is 0 Å². The molecule has 0 aromatic heterocycles. The van der Waals surface area contributed by atoms with Crippen molar-refractivity contribution in [1.29, 1.82) is 0 Å². The van der Waals surface area contributed by atoms with Crippen LogP contribution in [0.2, 0.25) is 0 Å². The lowest BCUT2D eigenvalue weighted by Crippen LogP contribution is -2.02. The van der Waals surface area contributed by atoms with Crippen molar-refractivity contribution in [2.75, 3.05) is 11.1 Å². The molecule has 19 heavy (non-hydrogen) atoms. The molecule has 0 spiro atoms. The minimum Gasteiger partial charge on any atom is -0.398 e. The second-order valence-electron chi connectivity index (χ2n) is 4.85. The van der Waals surface area contributed by atoms with Gasteiger partial charge in [0.25, 0.3) is 0 Å². The molecule has 0 saturated heterocycles. The molecule has 2 heteroatoms. The van der Waals surface area contributed by atoms with Gasteiger partial charge in [-0.3, -0.25) is 0 Å². The molecular weight excluding hydrogens is 232 g/mol. The molecule has 0 aliphatic rings. The van der Waals surface area contributed by atoms with Gasteiger partial charge in [-0.05, 0) is 42.2 Å². The Labute approximate surface area is 115 Å². The number of para-hydroxylation sites is 1. The maximum absolute atomic E-state index is 5.92. The molecule has 0 heterocycles. The highest BCUT2D eigenvalue weighted by Crippen LogP contribution is 2.15. The van der Waals surface area contributed by atoms with Gasteiger partial charge in [-0.25, -0.2) is 0 Å². The molecule has 0 amide bonds. The van der Waals surface area contributed by atoms with Crippen LogP contribution in [-0.2, 0) is 13.0 Å². The summed E-state index contributed by atoms with van der Waals surface area (Å²) in [5.41, 5.74) is 10.5. The summed E-state index contributed by atoms with van der Waals surface area (Å²) in [4.78, 5) is 0. The molecule has 2 aromatic carbocycles. The number of aryl methyl sites for hydroxylation is 1. The summed E-state index contributed by atoms with van der Waals surface area (Å²) in [5.74, 6) is 0. The molecule has 3 N–H and O–H groups in total. The second-order valence-corrected chi connectivity index (χ2v) is 4.85. The second kappa shape index (κ2) is 6.83. The number of rotatable bonds is 6. The maximum atomic E-state index is 5.92. The summed E-state index contributed by atoms with van der Waals surface area (Å²) in [6.07, 6.45) is 3.67. The first-order valence-electron chi connectivity index (χ1n) is 6.96. The predicted octanol–water partition coefficient (Wildman–Crippen LogP) is 4.22. The molecule has 0 fully saturated rings. The van der Waals surface area contributed by atoms with E-state index < -0.39 is 0 Å². The van der Waals surface area contributed by atoms with Crippen molar-refractivity contribution in [2.24, 2.45) is 0 Å². The Morgan fingerprint density at radius 1 is 1.00 bits per heavy atom. The normalized spacial score (nSPS) is 10.4. The smallest absolute Gasteiger partial charge is 0.0421 e. The first-order chi connectivity index (χ1) is 9.29. The van der Waals surface area contributed by atoms with Crippen LogP contribution in [0, 0.1) is 0 Å². The molecule has 100 valence electrons. The summed E-state index contributed by atoms with van der Waals surface area (Å²) in [6, 6.07) is 16.7. The van der Waals surface area contributed by atoms with E-state index in [1.54, 1.807) is 0 Å². The predicted molar refractivity (Wildman–Crippen MR) is 83.2 cm³/mol. The number of nitrogen functional groups attached to an aromatic ring is 1. The van der Waals surface area contributed by atoms with Gasteiger partial charge in [0.1, 0.15) is 0 Å². The van der Waals surface area contributed by atoms with Crippen LogP contribution in [-0.4, -0.2) is 0 Å². The molecule has 2 rings (SSSR count). The van der Waals surface area contributed by atoms with Crippen molar-refractivity contribution < 1.29 is 0 Å². The summed E-state index contributed by atoms with van der Waals surface area (Å²) >= 11 is 0. The zero-order valence-corrected chi connectivity index (χ0v) is 11.5. The first-order valence-corrected chi connectivity index (χ1v) is 6.96. The fraction of sp³-hybridized carbons (Fsp3) is 0.294. The lowest BCUT2D eigenvalue weighted by atomic mass is 10.1. The number of hydrogen-bond acceptors (Lipinski definition) is 2. The average Bonchev–Trinajstić information content (AvgIpc) is 2.45. The van der Waals surface area contributed by atoms with Gasteiger partial charge in [-0.2, -0.15) is 0 Å². The van der Waals surface area contributed by atoms with Crippen LogP contribution in [0.5, 0.6) is 0 Å².